The molecular formula is C16H19N3O. The fourth-order valence-corrected chi connectivity index (χ4v) is 2.95. The molecule has 2 aliphatic carbocycles. The van der Waals surface area contributed by atoms with Crippen LogP contribution in [0, 0.1) is 5.92 Å². The highest BCUT2D eigenvalue weighted by Gasteiger charge is 2.26. The first kappa shape index (κ1) is 12.1. The lowest BCUT2D eigenvalue weighted by molar-refractivity contribution is 0.359. The van der Waals surface area contributed by atoms with Crippen LogP contribution >= 0.6 is 0 Å². The maximum atomic E-state index is 5.35. The molecule has 104 valence electrons. The van der Waals surface area contributed by atoms with Gasteiger partial charge in [-0.25, -0.2) is 0 Å². The lowest BCUT2D eigenvalue weighted by Crippen LogP contribution is -2.16. The molecule has 0 atom stereocenters. The Morgan fingerprint density at radius 1 is 1.15 bits per heavy atom. The second kappa shape index (κ2) is 5.02. The Hall–Kier alpha value is -1.68. The summed E-state index contributed by atoms with van der Waals surface area (Å²) in [6, 6.07) is 8.61. The largest absolute Gasteiger partial charge is 0.338 e. The van der Waals surface area contributed by atoms with Crippen molar-refractivity contribution < 1.29 is 4.52 Å². The fraction of sp³-hybridized carbons (Fsp3) is 0.500. The van der Waals surface area contributed by atoms with E-state index in [1.807, 2.05) is 0 Å². The summed E-state index contributed by atoms with van der Waals surface area (Å²) in [4.78, 5) is 4.55. The third kappa shape index (κ3) is 2.48. The van der Waals surface area contributed by atoms with Gasteiger partial charge in [0.1, 0.15) is 0 Å². The number of nitrogens with one attached hydrogen (secondary N) is 1. The maximum absolute atomic E-state index is 5.35. The first-order valence-electron chi connectivity index (χ1n) is 7.48. The molecule has 4 heteroatoms. The number of aromatic nitrogens is 2. The fourth-order valence-electron chi connectivity index (χ4n) is 2.95. The Balaban J connectivity index is 1.38. The van der Waals surface area contributed by atoms with Crippen molar-refractivity contribution in [2.45, 2.75) is 38.1 Å². The van der Waals surface area contributed by atoms with Gasteiger partial charge < -0.3 is 9.84 Å². The summed E-state index contributed by atoms with van der Waals surface area (Å²) in [6.07, 6.45) is 4.79. The Labute approximate surface area is 118 Å². The predicted molar refractivity (Wildman–Crippen MR) is 75.3 cm³/mol. The molecule has 0 radical (unpaired) electrons. The van der Waals surface area contributed by atoms with Crippen LogP contribution in [0.2, 0.25) is 0 Å². The minimum absolute atomic E-state index is 0.383. The van der Waals surface area contributed by atoms with Crippen molar-refractivity contribution in [1.82, 2.24) is 15.5 Å². The van der Waals surface area contributed by atoms with E-state index < -0.39 is 0 Å². The van der Waals surface area contributed by atoms with Crippen molar-refractivity contribution in [1.29, 1.82) is 0 Å². The third-order valence-corrected chi connectivity index (χ3v) is 4.31. The van der Waals surface area contributed by atoms with E-state index in [0.717, 1.165) is 37.0 Å². The standard InChI is InChI=1S/C16H19N3O/c1-2-4-13-8-14(7-12(13)3-1)16-18-15(20-19-16)10-17-9-11-5-6-11/h1-4,11,14,17H,5-10H2. The van der Waals surface area contributed by atoms with Crippen LogP contribution in [-0.4, -0.2) is 16.7 Å². The van der Waals surface area contributed by atoms with Gasteiger partial charge in [0, 0.05) is 5.92 Å². The quantitative estimate of drug-likeness (QED) is 0.906. The smallest absolute Gasteiger partial charge is 0.240 e. The van der Waals surface area contributed by atoms with Gasteiger partial charge in [-0.1, -0.05) is 29.4 Å². The van der Waals surface area contributed by atoms with E-state index in [9.17, 15) is 0 Å². The second-order valence-corrected chi connectivity index (χ2v) is 5.99. The maximum Gasteiger partial charge on any atom is 0.240 e. The molecule has 4 rings (SSSR count). The highest BCUT2D eigenvalue weighted by molar-refractivity contribution is 5.34. The summed E-state index contributed by atoms with van der Waals surface area (Å²) < 4.78 is 5.35. The Morgan fingerprint density at radius 3 is 2.60 bits per heavy atom. The molecule has 2 aromatic rings. The summed E-state index contributed by atoms with van der Waals surface area (Å²) in [5.41, 5.74) is 2.85. The molecule has 1 fully saturated rings. The molecule has 0 spiro atoms. The van der Waals surface area contributed by atoms with Gasteiger partial charge >= 0.3 is 0 Å². The van der Waals surface area contributed by atoms with Crippen molar-refractivity contribution in [3.8, 4) is 0 Å². The molecule has 1 saturated carbocycles. The molecule has 1 aromatic heterocycles. The SMILES string of the molecule is c1ccc2c(c1)CC(c1noc(CNCC3CC3)n1)C2. The van der Waals surface area contributed by atoms with E-state index in [2.05, 4.69) is 39.7 Å². The van der Waals surface area contributed by atoms with Gasteiger partial charge in [-0.05, 0) is 49.3 Å². The van der Waals surface area contributed by atoms with Crippen LogP contribution in [0.5, 0.6) is 0 Å². The molecular weight excluding hydrogens is 250 g/mol. The van der Waals surface area contributed by atoms with E-state index in [1.54, 1.807) is 0 Å². The van der Waals surface area contributed by atoms with Gasteiger partial charge in [-0.2, -0.15) is 4.98 Å². The van der Waals surface area contributed by atoms with Gasteiger partial charge in [-0.15, -0.1) is 0 Å². The van der Waals surface area contributed by atoms with Gasteiger partial charge in [-0.3, -0.25) is 0 Å². The molecule has 20 heavy (non-hydrogen) atoms. The van der Waals surface area contributed by atoms with Crippen LogP contribution in [-0.2, 0) is 19.4 Å². The molecule has 0 amide bonds. The summed E-state index contributed by atoms with van der Waals surface area (Å²) in [5.74, 6) is 2.84. The summed E-state index contributed by atoms with van der Waals surface area (Å²) in [5, 5.41) is 7.56. The lowest BCUT2D eigenvalue weighted by atomic mass is 10.1. The van der Waals surface area contributed by atoms with Crippen molar-refractivity contribution >= 4 is 0 Å². The summed E-state index contributed by atoms with van der Waals surface area (Å²) >= 11 is 0. The first-order valence-corrected chi connectivity index (χ1v) is 7.48. The van der Waals surface area contributed by atoms with Crippen molar-refractivity contribution in [2.24, 2.45) is 5.92 Å². The minimum Gasteiger partial charge on any atom is -0.338 e. The molecule has 0 unspecified atom stereocenters. The predicted octanol–water partition coefficient (Wildman–Crippen LogP) is 2.45. The Bertz CT molecular complexity index is 578. The van der Waals surface area contributed by atoms with Gasteiger partial charge in [0.05, 0.1) is 6.54 Å². The van der Waals surface area contributed by atoms with Crippen LogP contribution in [0.25, 0.3) is 0 Å². The van der Waals surface area contributed by atoms with Crippen molar-refractivity contribution in [3.63, 3.8) is 0 Å². The van der Waals surface area contributed by atoms with Crippen LogP contribution in [0.15, 0.2) is 28.8 Å². The Kier molecular flexibility index (Phi) is 3.03. The normalized spacial score (nSPS) is 18.4. The van der Waals surface area contributed by atoms with Crippen LogP contribution in [0.4, 0.5) is 0 Å². The van der Waals surface area contributed by atoms with Crippen molar-refractivity contribution in [2.75, 3.05) is 6.54 Å². The molecule has 0 saturated heterocycles. The first-order chi connectivity index (χ1) is 9.88. The van der Waals surface area contributed by atoms with Gasteiger partial charge in [0.2, 0.25) is 5.89 Å². The Morgan fingerprint density at radius 2 is 1.90 bits per heavy atom. The minimum atomic E-state index is 0.383. The average Bonchev–Trinajstić information content (AvgIpc) is 3.01. The number of fused-ring (bicyclic) bond motifs is 1. The zero-order chi connectivity index (χ0) is 13.4. The number of hydrogen-bond acceptors (Lipinski definition) is 4. The number of rotatable bonds is 5. The van der Waals surface area contributed by atoms with Crippen LogP contribution in [0.3, 0.4) is 0 Å². The summed E-state index contributed by atoms with van der Waals surface area (Å²) in [6.45, 7) is 1.77. The van der Waals surface area contributed by atoms with E-state index in [4.69, 9.17) is 4.52 Å². The molecule has 0 bridgehead atoms. The molecule has 2 aliphatic rings. The van der Waals surface area contributed by atoms with E-state index >= 15 is 0 Å². The van der Waals surface area contributed by atoms with E-state index in [0.29, 0.717) is 12.5 Å². The molecule has 1 heterocycles. The zero-order valence-electron chi connectivity index (χ0n) is 11.5. The number of benzene rings is 1. The third-order valence-electron chi connectivity index (χ3n) is 4.31. The molecule has 1 aromatic carbocycles. The van der Waals surface area contributed by atoms with E-state index in [-0.39, 0.29) is 0 Å². The zero-order valence-corrected chi connectivity index (χ0v) is 11.5. The lowest BCUT2D eigenvalue weighted by Gasteiger charge is -2.01. The van der Waals surface area contributed by atoms with Crippen LogP contribution in [0.1, 0.15) is 41.6 Å². The highest BCUT2D eigenvalue weighted by Crippen LogP contribution is 2.32. The van der Waals surface area contributed by atoms with Crippen molar-refractivity contribution in [3.05, 3.63) is 47.1 Å². The summed E-state index contributed by atoms with van der Waals surface area (Å²) in [7, 11) is 0. The molecule has 0 aliphatic heterocycles. The highest BCUT2D eigenvalue weighted by atomic mass is 16.5. The topological polar surface area (TPSA) is 51.0 Å². The van der Waals surface area contributed by atoms with Crippen LogP contribution < -0.4 is 5.32 Å². The molecule has 1 N–H and O–H groups in total. The average molecular weight is 269 g/mol. The van der Waals surface area contributed by atoms with Gasteiger partial charge in [0.25, 0.3) is 0 Å². The second-order valence-electron chi connectivity index (χ2n) is 5.99. The molecule has 4 nitrogen and oxygen atoms in total. The van der Waals surface area contributed by atoms with E-state index in [1.165, 1.54) is 24.0 Å². The number of nitrogens with zero attached hydrogens (tertiary/aromatic N) is 2. The number of hydrogen-bond donors (Lipinski definition) is 1. The van der Waals surface area contributed by atoms with Gasteiger partial charge in [0.15, 0.2) is 5.82 Å². The monoisotopic (exact) mass is 269 g/mol.